The van der Waals surface area contributed by atoms with Crippen LogP contribution in [0.5, 0.6) is 5.75 Å². The number of carbonyl (C=O) groups excluding carboxylic acids is 2. The van der Waals surface area contributed by atoms with E-state index in [9.17, 15) is 22.8 Å². The summed E-state index contributed by atoms with van der Waals surface area (Å²) in [6.07, 6.45) is -5.85. The van der Waals surface area contributed by atoms with Crippen molar-refractivity contribution in [2.24, 2.45) is 5.92 Å². The number of ether oxygens (including phenoxy) is 1. The SMILES string of the molecule is O=C1[C@H]2[C@H](ON(c3ccccc3)[C@@H]2c2ccc(OC(F)(F)F)cc2)C(=O)N1Cc1ccccc1. The van der Waals surface area contributed by atoms with Gasteiger partial charge in [0, 0.05) is 0 Å². The van der Waals surface area contributed by atoms with E-state index in [0.29, 0.717) is 11.3 Å². The molecule has 2 amide bonds. The third-order valence-corrected chi connectivity index (χ3v) is 5.86. The van der Waals surface area contributed by atoms with Crippen molar-refractivity contribution >= 4 is 17.5 Å². The molecule has 2 aliphatic rings. The molecule has 3 aromatic carbocycles. The fraction of sp³-hybridized carbons (Fsp3) is 0.200. The van der Waals surface area contributed by atoms with Crippen molar-refractivity contribution in [2.75, 3.05) is 5.06 Å². The molecule has 0 spiro atoms. The predicted octanol–water partition coefficient (Wildman–Crippen LogP) is 4.63. The molecule has 2 fully saturated rings. The molecule has 2 saturated heterocycles. The van der Waals surface area contributed by atoms with E-state index in [1.54, 1.807) is 24.3 Å². The molecule has 0 N–H and O–H groups in total. The maximum Gasteiger partial charge on any atom is 0.573 e. The molecule has 6 nitrogen and oxygen atoms in total. The maximum absolute atomic E-state index is 13.4. The van der Waals surface area contributed by atoms with Gasteiger partial charge in [-0.05, 0) is 35.4 Å². The summed E-state index contributed by atoms with van der Waals surface area (Å²) in [7, 11) is 0. The van der Waals surface area contributed by atoms with Crippen LogP contribution >= 0.6 is 0 Å². The summed E-state index contributed by atoms with van der Waals surface area (Å²) in [5.41, 5.74) is 1.94. The number of rotatable bonds is 5. The highest BCUT2D eigenvalue weighted by molar-refractivity contribution is 6.07. The first-order valence-electron chi connectivity index (χ1n) is 10.6. The second kappa shape index (κ2) is 8.49. The second-order valence-corrected chi connectivity index (χ2v) is 8.02. The molecule has 3 aromatic rings. The Morgan fingerprint density at radius 1 is 0.824 bits per heavy atom. The van der Waals surface area contributed by atoms with Gasteiger partial charge in [-0.2, -0.15) is 0 Å². The van der Waals surface area contributed by atoms with Gasteiger partial charge in [0.25, 0.3) is 5.91 Å². The van der Waals surface area contributed by atoms with E-state index in [1.807, 2.05) is 36.4 Å². The molecule has 2 aliphatic heterocycles. The number of fused-ring (bicyclic) bond motifs is 1. The number of carbonyl (C=O) groups is 2. The molecule has 2 heterocycles. The molecule has 0 bridgehead atoms. The number of hydrogen-bond acceptors (Lipinski definition) is 5. The lowest BCUT2D eigenvalue weighted by molar-refractivity contribution is -0.274. The van der Waals surface area contributed by atoms with E-state index in [-0.39, 0.29) is 12.3 Å². The van der Waals surface area contributed by atoms with Crippen molar-refractivity contribution in [3.05, 3.63) is 96.1 Å². The number of anilines is 1. The number of halogens is 3. The largest absolute Gasteiger partial charge is 0.573 e. The van der Waals surface area contributed by atoms with Crippen LogP contribution in [0.1, 0.15) is 17.2 Å². The van der Waals surface area contributed by atoms with Crippen LogP contribution in [-0.4, -0.2) is 29.2 Å². The number of amides is 2. The molecule has 3 atom stereocenters. The highest BCUT2D eigenvalue weighted by Crippen LogP contribution is 2.47. The first kappa shape index (κ1) is 22.0. The second-order valence-electron chi connectivity index (χ2n) is 8.02. The Kier molecular flexibility index (Phi) is 5.49. The van der Waals surface area contributed by atoms with Gasteiger partial charge in [-0.25, -0.2) is 5.06 Å². The fourth-order valence-electron chi connectivity index (χ4n) is 4.40. The maximum atomic E-state index is 13.4. The summed E-state index contributed by atoms with van der Waals surface area (Å²) in [5, 5.41) is 1.49. The molecule has 0 aliphatic carbocycles. The van der Waals surface area contributed by atoms with E-state index in [4.69, 9.17) is 4.84 Å². The number of para-hydroxylation sites is 1. The monoisotopic (exact) mass is 468 g/mol. The normalized spacial score (nSPS) is 22.3. The third kappa shape index (κ3) is 4.10. The Morgan fingerprint density at radius 3 is 2.06 bits per heavy atom. The third-order valence-electron chi connectivity index (χ3n) is 5.86. The number of hydroxylamine groups is 1. The zero-order valence-electron chi connectivity index (χ0n) is 17.7. The standard InChI is InChI=1S/C25H19F3N2O4/c26-25(27,28)33-19-13-11-17(12-14-19)21-20-22(34-30(21)18-9-5-2-6-10-18)24(32)29(23(20)31)15-16-7-3-1-4-8-16/h1-14,20-22H,15H2/t20-,21-,22+/m1/s1. The average molecular weight is 468 g/mol. The number of imide groups is 1. The number of benzene rings is 3. The van der Waals surface area contributed by atoms with Gasteiger partial charge in [-0.1, -0.05) is 60.7 Å². The highest BCUT2D eigenvalue weighted by Gasteiger charge is 2.59. The molecule has 34 heavy (non-hydrogen) atoms. The summed E-state index contributed by atoms with van der Waals surface area (Å²) in [5.74, 6) is -2.07. The molecule has 0 radical (unpaired) electrons. The van der Waals surface area contributed by atoms with Crippen LogP contribution in [-0.2, 0) is 21.0 Å². The van der Waals surface area contributed by atoms with Gasteiger partial charge >= 0.3 is 6.36 Å². The fourth-order valence-corrected chi connectivity index (χ4v) is 4.40. The lowest BCUT2D eigenvalue weighted by Gasteiger charge is -2.29. The molecule has 0 aromatic heterocycles. The van der Waals surface area contributed by atoms with E-state index in [2.05, 4.69) is 4.74 Å². The van der Waals surface area contributed by atoms with Crippen molar-refractivity contribution in [3.63, 3.8) is 0 Å². The summed E-state index contributed by atoms with van der Waals surface area (Å²) in [4.78, 5) is 33.8. The molecular weight excluding hydrogens is 449 g/mol. The zero-order chi connectivity index (χ0) is 23.9. The van der Waals surface area contributed by atoms with Crippen LogP contribution in [0.4, 0.5) is 18.9 Å². The quantitative estimate of drug-likeness (QED) is 0.511. The van der Waals surface area contributed by atoms with Gasteiger partial charge in [-0.15, -0.1) is 13.2 Å². The van der Waals surface area contributed by atoms with Gasteiger partial charge in [0.2, 0.25) is 5.91 Å². The first-order chi connectivity index (χ1) is 16.3. The minimum Gasteiger partial charge on any atom is -0.406 e. The number of hydrogen-bond donors (Lipinski definition) is 0. The Morgan fingerprint density at radius 2 is 1.44 bits per heavy atom. The summed E-state index contributed by atoms with van der Waals surface area (Å²) < 4.78 is 41.7. The van der Waals surface area contributed by atoms with E-state index in [1.165, 1.54) is 34.2 Å². The van der Waals surface area contributed by atoms with Crippen LogP contribution in [0.25, 0.3) is 0 Å². The van der Waals surface area contributed by atoms with E-state index < -0.39 is 36.2 Å². The Balaban J connectivity index is 1.49. The van der Waals surface area contributed by atoms with Crippen molar-refractivity contribution in [1.29, 1.82) is 0 Å². The Labute approximate surface area is 193 Å². The summed E-state index contributed by atoms with van der Waals surface area (Å²) >= 11 is 0. The number of likely N-dealkylation sites (tertiary alicyclic amines) is 1. The van der Waals surface area contributed by atoms with Gasteiger partial charge in [-0.3, -0.25) is 19.3 Å². The summed E-state index contributed by atoms with van der Waals surface area (Å²) in [6.45, 7) is 0.116. The van der Waals surface area contributed by atoms with Gasteiger partial charge in [0.15, 0.2) is 6.10 Å². The molecule has 5 rings (SSSR count). The van der Waals surface area contributed by atoms with Gasteiger partial charge < -0.3 is 4.74 Å². The molecule has 0 unspecified atom stereocenters. The van der Waals surface area contributed by atoms with Crippen LogP contribution in [0.3, 0.4) is 0 Å². The van der Waals surface area contributed by atoms with Crippen molar-refractivity contribution in [3.8, 4) is 5.75 Å². The van der Waals surface area contributed by atoms with E-state index in [0.717, 1.165) is 5.56 Å². The smallest absolute Gasteiger partial charge is 0.406 e. The minimum atomic E-state index is -4.81. The van der Waals surface area contributed by atoms with Gasteiger partial charge in [0.1, 0.15) is 11.7 Å². The van der Waals surface area contributed by atoms with Crippen molar-refractivity contribution in [2.45, 2.75) is 25.1 Å². The summed E-state index contributed by atoms with van der Waals surface area (Å²) in [6, 6.07) is 22.6. The van der Waals surface area contributed by atoms with Crippen LogP contribution in [0.2, 0.25) is 0 Å². The van der Waals surface area contributed by atoms with Crippen LogP contribution in [0, 0.1) is 5.92 Å². The zero-order valence-corrected chi connectivity index (χ0v) is 17.7. The Hall–Kier alpha value is -3.85. The van der Waals surface area contributed by atoms with Crippen molar-refractivity contribution in [1.82, 2.24) is 4.90 Å². The minimum absolute atomic E-state index is 0.116. The molecule has 9 heteroatoms. The van der Waals surface area contributed by atoms with Crippen LogP contribution in [0.15, 0.2) is 84.9 Å². The van der Waals surface area contributed by atoms with Crippen molar-refractivity contribution < 1.29 is 32.3 Å². The van der Waals surface area contributed by atoms with E-state index >= 15 is 0 Å². The average Bonchev–Trinajstić information content (AvgIpc) is 3.32. The lowest BCUT2D eigenvalue weighted by Crippen LogP contribution is -2.36. The molecule has 0 saturated carbocycles. The first-order valence-corrected chi connectivity index (χ1v) is 10.6. The molecule has 174 valence electrons. The van der Waals surface area contributed by atoms with Crippen LogP contribution < -0.4 is 9.80 Å². The Bertz CT molecular complexity index is 1190. The predicted molar refractivity (Wildman–Crippen MR) is 115 cm³/mol. The highest BCUT2D eigenvalue weighted by atomic mass is 19.4. The topological polar surface area (TPSA) is 59.1 Å². The number of nitrogens with zero attached hydrogens (tertiary/aromatic N) is 2. The van der Waals surface area contributed by atoms with Gasteiger partial charge in [0.05, 0.1) is 18.3 Å². The molecular formula is C25H19F3N2O4. The number of alkyl halides is 3. The lowest BCUT2D eigenvalue weighted by atomic mass is 9.90.